The van der Waals surface area contributed by atoms with Crippen LogP contribution in [0.5, 0.6) is 0 Å². The molecule has 0 unspecified atom stereocenters. The van der Waals surface area contributed by atoms with Crippen LogP contribution in [0.25, 0.3) is 0 Å². The van der Waals surface area contributed by atoms with Gasteiger partial charge in [0.2, 0.25) is 0 Å². The molecule has 15 heavy (non-hydrogen) atoms. The molecule has 1 fully saturated rings. The van der Waals surface area contributed by atoms with Crippen molar-refractivity contribution >= 4 is 16.5 Å². The van der Waals surface area contributed by atoms with Gasteiger partial charge in [0.05, 0.1) is 5.69 Å². The molecule has 0 amide bonds. The molecule has 2 rings (SSSR count). The minimum atomic E-state index is 0.322. The summed E-state index contributed by atoms with van der Waals surface area (Å²) >= 11 is 1.76. The average Bonchev–Trinajstić information content (AvgIpc) is 2.66. The molecule has 2 heterocycles. The van der Waals surface area contributed by atoms with Gasteiger partial charge in [-0.3, -0.25) is 0 Å². The molecule has 0 aliphatic carbocycles. The van der Waals surface area contributed by atoms with Gasteiger partial charge < -0.3 is 10.2 Å². The second kappa shape index (κ2) is 4.10. The zero-order valence-electron chi connectivity index (χ0n) is 9.71. The molecule has 0 saturated carbocycles. The van der Waals surface area contributed by atoms with Gasteiger partial charge in [0.15, 0.2) is 5.13 Å². The topological polar surface area (TPSA) is 28.2 Å². The Hall–Kier alpha value is -0.610. The lowest BCUT2D eigenvalue weighted by molar-refractivity contribution is 0.305. The van der Waals surface area contributed by atoms with Crippen molar-refractivity contribution in [2.75, 3.05) is 25.0 Å². The van der Waals surface area contributed by atoms with Gasteiger partial charge in [0.1, 0.15) is 0 Å². The summed E-state index contributed by atoms with van der Waals surface area (Å²) in [7, 11) is 2.06. The zero-order chi connectivity index (χ0) is 10.9. The molecular formula is C11H19N3S. The van der Waals surface area contributed by atoms with E-state index in [2.05, 4.69) is 41.5 Å². The fourth-order valence-electron chi connectivity index (χ4n) is 1.93. The van der Waals surface area contributed by atoms with Gasteiger partial charge in [-0.1, -0.05) is 0 Å². The molecule has 1 aromatic rings. The van der Waals surface area contributed by atoms with Gasteiger partial charge in [-0.25, -0.2) is 4.98 Å². The second-order valence-corrected chi connectivity index (χ2v) is 5.41. The highest BCUT2D eigenvalue weighted by Gasteiger charge is 2.29. The highest BCUT2D eigenvalue weighted by atomic mass is 32.1. The third-order valence-corrected chi connectivity index (χ3v) is 4.37. The Bertz CT molecular complexity index is 326. The maximum absolute atomic E-state index is 4.53. The van der Waals surface area contributed by atoms with Crippen LogP contribution in [0.1, 0.15) is 25.5 Å². The lowest BCUT2D eigenvalue weighted by Crippen LogP contribution is -2.50. The predicted octanol–water partition coefficient (Wildman–Crippen LogP) is 2.03. The maximum atomic E-state index is 4.53. The van der Waals surface area contributed by atoms with Crippen LogP contribution in [0, 0.1) is 6.92 Å². The monoisotopic (exact) mass is 225 g/mol. The summed E-state index contributed by atoms with van der Waals surface area (Å²) in [5.41, 5.74) is 1.46. The van der Waals surface area contributed by atoms with Gasteiger partial charge in [0.25, 0.3) is 0 Å². The van der Waals surface area contributed by atoms with Crippen molar-refractivity contribution in [3.8, 4) is 0 Å². The van der Waals surface area contributed by atoms with Gasteiger partial charge >= 0.3 is 0 Å². The van der Waals surface area contributed by atoms with Crippen LogP contribution in [0.15, 0.2) is 5.38 Å². The maximum Gasteiger partial charge on any atom is 0.185 e. The van der Waals surface area contributed by atoms with Gasteiger partial charge in [0, 0.05) is 24.0 Å². The van der Waals surface area contributed by atoms with Gasteiger partial charge in [-0.05, 0) is 33.7 Å². The first kappa shape index (κ1) is 10.9. The molecular weight excluding hydrogens is 206 g/mol. The third-order valence-electron chi connectivity index (χ3n) is 3.35. The van der Waals surface area contributed by atoms with Gasteiger partial charge in [-0.15, -0.1) is 11.3 Å². The molecule has 1 aliphatic rings. The van der Waals surface area contributed by atoms with Gasteiger partial charge in [-0.2, -0.15) is 0 Å². The Labute approximate surface area is 95.5 Å². The van der Waals surface area contributed by atoms with Crippen LogP contribution in [0.3, 0.4) is 0 Å². The van der Waals surface area contributed by atoms with Crippen molar-refractivity contribution in [2.24, 2.45) is 0 Å². The largest absolute Gasteiger partial charge is 0.348 e. The van der Waals surface area contributed by atoms with Crippen molar-refractivity contribution < 1.29 is 0 Å². The SMILES string of the molecule is CNC1(C)CCN(c2nc(C)cs2)CC1. The molecule has 84 valence electrons. The highest BCUT2D eigenvalue weighted by Crippen LogP contribution is 2.27. The van der Waals surface area contributed by atoms with Crippen LogP contribution >= 0.6 is 11.3 Å². The summed E-state index contributed by atoms with van der Waals surface area (Å²) in [5, 5.41) is 6.73. The zero-order valence-corrected chi connectivity index (χ0v) is 10.5. The summed E-state index contributed by atoms with van der Waals surface area (Å²) in [6, 6.07) is 0. The van der Waals surface area contributed by atoms with Crippen molar-refractivity contribution in [3.63, 3.8) is 0 Å². The lowest BCUT2D eigenvalue weighted by atomic mass is 9.90. The summed E-state index contributed by atoms with van der Waals surface area (Å²) in [6.45, 7) is 6.59. The van der Waals surface area contributed by atoms with E-state index in [0.717, 1.165) is 18.8 Å². The molecule has 1 aliphatic heterocycles. The van der Waals surface area contributed by atoms with E-state index < -0.39 is 0 Å². The minimum absolute atomic E-state index is 0.322. The number of rotatable bonds is 2. The Morgan fingerprint density at radius 3 is 2.60 bits per heavy atom. The van der Waals surface area contributed by atoms with E-state index in [-0.39, 0.29) is 0 Å². The smallest absolute Gasteiger partial charge is 0.185 e. The van der Waals surface area contributed by atoms with E-state index >= 15 is 0 Å². The molecule has 0 aromatic carbocycles. The molecule has 0 atom stereocenters. The van der Waals surface area contributed by atoms with Crippen molar-refractivity contribution in [3.05, 3.63) is 11.1 Å². The Balaban J connectivity index is 1.99. The number of thiazole rings is 1. The highest BCUT2D eigenvalue weighted by molar-refractivity contribution is 7.13. The normalized spacial score (nSPS) is 20.6. The number of nitrogens with one attached hydrogen (secondary N) is 1. The molecule has 0 bridgehead atoms. The molecule has 1 N–H and O–H groups in total. The Morgan fingerprint density at radius 1 is 1.47 bits per heavy atom. The molecule has 4 heteroatoms. The van der Waals surface area contributed by atoms with Crippen LogP contribution in [-0.4, -0.2) is 30.7 Å². The fourth-order valence-corrected chi connectivity index (χ4v) is 2.79. The number of hydrogen-bond donors (Lipinski definition) is 1. The number of piperidine rings is 1. The van der Waals surface area contributed by atoms with Crippen molar-refractivity contribution in [2.45, 2.75) is 32.2 Å². The standard InChI is InChI=1S/C11H19N3S/c1-9-8-15-10(13-9)14-6-4-11(2,12-3)5-7-14/h8,12H,4-7H2,1-3H3. The van der Waals surface area contributed by atoms with E-state index in [1.807, 2.05) is 0 Å². The second-order valence-electron chi connectivity index (χ2n) is 4.57. The summed E-state index contributed by atoms with van der Waals surface area (Å²) in [4.78, 5) is 6.93. The van der Waals surface area contributed by atoms with Crippen LogP contribution in [0.4, 0.5) is 5.13 Å². The van der Waals surface area contributed by atoms with Crippen LogP contribution in [-0.2, 0) is 0 Å². The number of aromatic nitrogens is 1. The first-order valence-corrected chi connectivity index (χ1v) is 6.37. The number of anilines is 1. The number of hydrogen-bond acceptors (Lipinski definition) is 4. The van der Waals surface area contributed by atoms with E-state index in [0.29, 0.717) is 5.54 Å². The van der Waals surface area contributed by atoms with Crippen molar-refractivity contribution in [1.82, 2.24) is 10.3 Å². The van der Waals surface area contributed by atoms with E-state index in [1.165, 1.54) is 18.0 Å². The summed E-state index contributed by atoms with van der Waals surface area (Å²) < 4.78 is 0. The minimum Gasteiger partial charge on any atom is -0.348 e. The average molecular weight is 225 g/mol. The molecule has 1 aromatic heterocycles. The Morgan fingerprint density at radius 2 is 2.13 bits per heavy atom. The lowest BCUT2D eigenvalue weighted by Gasteiger charge is -2.39. The first-order chi connectivity index (χ1) is 7.13. The summed E-state index contributed by atoms with van der Waals surface area (Å²) in [5.74, 6) is 0. The third kappa shape index (κ3) is 2.32. The quantitative estimate of drug-likeness (QED) is 0.835. The first-order valence-electron chi connectivity index (χ1n) is 5.49. The molecule has 0 spiro atoms. The Kier molecular flexibility index (Phi) is 2.98. The number of aryl methyl sites for hydroxylation is 1. The predicted molar refractivity (Wildman–Crippen MR) is 65.8 cm³/mol. The summed E-state index contributed by atoms with van der Waals surface area (Å²) in [6.07, 6.45) is 2.39. The van der Waals surface area contributed by atoms with E-state index in [1.54, 1.807) is 11.3 Å². The fraction of sp³-hybridized carbons (Fsp3) is 0.727. The van der Waals surface area contributed by atoms with E-state index in [4.69, 9.17) is 0 Å². The van der Waals surface area contributed by atoms with Crippen LogP contribution in [0.2, 0.25) is 0 Å². The van der Waals surface area contributed by atoms with Crippen LogP contribution < -0.4 is 10.2 Å². The molecule has 0 radical (unpaired) electrons. The van der Waals surface area contributed by atoms with E-state index in [9.17, 15) is 0 Å². The van der Waals surface area contributed by atoms with Crippen molar-refractivity contribution in [1.29, 1.82) is 0 Å². The molecule has 1 saturated heterocycles. The molecule has 3 nitrogen and oxygen atoms in total. The number of nitrogens with zero attached hydrogens (tertiary/aromatic N) is 2.